The molecule has 0 radical (unpaired) electrons. The standard InChI is InChI=1S/C14H22N2O2S/c1-11-2-4-12(5-3-11)8-14(16-15)9-13-6-7-19(17,18)10-13/h2-5,13-14,16H,6-10,15H2,1H3. The molecule has 4 nitrogen and oxygen atoms in total. The van der Waals surface area contributed by atoms with E-state index < -0.39 is 9.84 Å². The van der Waals surface area contributed by atoms with Crippen LogP contribution in [0.2, 0.25) is 0 Å². The normalized spacial score (nSPS) is 23.4. The average Bonchev–Trinajstić information content (AvgIpc) is 2.70. The Balaban J connectivity index is 1.92. The monoisotopic (exact) mass is 282 g/mol. The van der Waals surface area contributed by atoms with Gasteiger partial charge in [0.15, 0.2) is 9.84 Å². The summed E-state index contributed by atoms with van der Waals surface area (Å²) in [6.45, 7) is 2.06. The molecule has 3 N–H and O–H groups in total. The topological polar surface area (TPSA) is 72.2 Å². The molecule has 2 atom stereocenters. The Morgan fingerprint density at radius 2 is 2.05 bits per heavy atom. The van der Waals surface area contributed by atoms with Gasteiger partial charge in [-0.25, -0.2) is 8.42 Å². The van der Waals surface area contributed by atoms with Gasteiger partial charge in [-0.3, -0.25) is 11.3 Å². The first-order valence-electron chi connectivity index (χ1n) is 6.70. The molecule has 106 valence electrons. The third-order valence-corrected chi connectivity index (χ3v) is 5.62. The van der Waals surface area contributed by atoms with Gasteiger partial charge < -0.3 is 0 Å². The van der Waals surface area contributed by atoms with Crippen LogP contribution in [0.5, 0.6) is 0 Å². The van der Waals surface area contributed by atoms with Gasteiger partial charge in [0.2, 0.25) is 0 Å². The fourth-order valence-electron chi connectivity index (χ4n) is 2.68. The summed E-state index contributed by atoms with van der Waals surface area (Å²) in [6.07, 6.45) is 2.44. The van der Waals surface area contributed by atoms with E-state index in [4.69, 9.17) is 5.84 Å². The predicted molar refractivity (Wildman–Crippen MR) is 77.4 cm³/mol. The van der Waals surface area contributed by atoms with Crippen LogP contribution in [0, 0.1) is 12.8 Å². The highest BCUT2D eigenvalue weighted by molar-refractivity contribution is 7.91. The van der Waals surface area contributed by atoms with Crippen molar-refractivity contribution in [2.75, 3.05) is 11.5 Å². The van der Waals surface area contributed by atoms with Crippen molar-refractivity contribution in [2.24, 2.45) is 11.8 Å². The first kappa shape index (κ1) is 14.5. The average molecular weight is 282 g/mol. The second-order valence-electron chi connectivity index (χ2n) is 5.56. The van der Waals surface area contributed by atoms with Crippen LogP contribution in [0.25, 0.3) is 0 Å². The van der Waals surface area contributed by atoms with Gasteiger partial charge in [0.1, 0.15) is 0 Å². The molecule has 0 amide bonds. The van der Waals surface area contributed by atoms with Crippen molar-refractivity contribution in [3.05, 3.63) is 35.4 Å². The summed E-state index contributed by atoms with van der Waals surface area (Å²) in [4.78, 5) is 0. The lowest BCUT2D eigenvalue weighted by Crippen LogP contribution is -2.38. The fourth-order valence-corrected chi connectivity index (χ4v) is 4.56. The van der Waals surface area contributed by atoms with Crippen molar-refractivity contribution in [1.29, 1.82) is 0 Å². The molecule has 19 heavy (non-hydrogen) atoms. The van der Waals surface area contributed by atoms with E-state index in [0.717, 1.165) is 19.3 Å². The smallest absolute Gasteiger partial charge is 0.150 e. The maximum Gasteiger partial charge on any atom is 0.150 e. The van der Waals surface area contributed by atoms with Crippen LogP contribution < -0.4 is 11.3 Å². The van der Waals surface area contributed by atoms with Crippen molar-refractivity contribution in [3.8, 4) is 0 Å². The van der Waals surface area contributed by atoms with Crippen LogP contribution in [0.1, 0.15) is 24.0 Å². The number of benzene rings is 1. The highest BCUT2D eigenvalue weighted by Crippen LogP contribution is 2.23. The molecule has 1 aromatic carbocycles. The molecule has 0 saturated carbocycles. The highest BCUT2D eigenvalue weighted by Gasteiger charge is 2.29. The Morgan fingerprint density at radius 1 is 1.37 bits per heavy atom. The van der Waals surface area contributed by atoms with E-state index in [1.54, 1.807) is 0 Å². The lowest BCUT2D eigenvalue weighted by Gasteiger charge is -2.19. The maximum absolute atomic E-state index is 11.5. The molecule has 1 fully saturated rings. The van der Waals surface area contributed by atoms with Crippen molar-refractivity contribution >= 4 is 9.84 Å². The molecular formula is C14H22N2O2S. The van der Waals surface area contributed by atoms with Crippen LogP contribution >= 0.6 is 0 Å². The number of rotatable bonds is 5. The Labute approximate surface area is 115 Å². The van der Waals surface area contributed by atoms with E-state index >= 15 is 0 Å². The van der Waals surface area contributed by atoms with Crippen LogP contribution in [-0.2, 0) is 16.3 Å². The predicted octanol–water partition coefficient (Wildman–Crippen LogP) is 1.19. The van der Waals surface area contributed by atoms with Crippen LogP contribution in [-0.4, -0.2) is 26.0 Å². The number of hydrogen-bond acceptors (Lipinski definition) is 4. The van der Waals surface area contributed by atoms with Gasteiger partial charge in [0.05, 0.1) is 11.5 Å². The number of hydrogen-bond donors (Lipinski definition) is 2. The summed E-state index contributed by atoms with van der Waals surface area (Å²) in [5, 5.41) is 0. The first-order chi connectivity index (χ1) is 8.98. The summed E-state index contributed by atoms with van der Waals surface area (Å²) in [5.74, 6) is 6.49. The van der Waals surface area contributed by atoms with Gasteiger partial charge in [-0.2, -0.15) is 0 Å². The lowest BCUT2D eigenvalue weighted by atomic mass is 9.95. The van der Waals surface area contributed by atoms with Crippen molar-refractivity contribution in [3.63, 3.8) is 0 Å². The van der Waals surface area contributed by atoms with E-state index in [1.807, 2.05) is 0 Å². The molecule has 1 saturated heterocycles. The Bertz CT molecular complexity index is 511. The number of nitrogens with one attached hydrogen (secondary N) is 1. The van der Waals surface area contributed by atoms with Gasteiger partial charge in [-0.15, -0.1) is 0 Å². The van der Waals surface area contributed by atoms with E-state index in [2.05, 4.69) is 36.6 Å². The summed E-state index contributed by atoms with van der Waals surface area (Å²) in [6, 6.07) is 8.52. The Hall–Kier alpha value is -0.910. The molecular weight excluding hydrogens is 260 g/mol. The minimum absolute atomic E-state index is 0.140. The van der Waals surface area contributed by atoms with Crippen LogP contribution in [0.3, 0.4) is 0 Å². The summed E-state index contributed by atoms with van der Waals surface area (Å²) < 4.78 is 22.9. The maximum atomic E-state index is 11.5. The van der Waals surface area contributed by atoms with Gasteiger partial charge in [-0.1, -0.05) is 29.8 Å². The Morgan fingerprint density at radius 3 is 2.58 bits per heavy atom. The summed E-state index contributed by atoms with van der Waals surface area (Å²) in [7, 11) is -2.80. The SMILES string of the molecule is Cc1ccc(CC(CC2CCS(=O)(=O)C2)NN)cc1. The lowest BCUT2D eigenvalue weighted by molar-refractivity contribution is 0.408. The number of hydrazine groups is 1. The molecule has 2 rings (SSSR count). The Kier molecular flexibility index (Phi) is 4.60. The van der Waals surface area contributed by atoms with E-state index in [9.17, 15) is 8.42 Å². The van der Waals surface area contributed by atoms with Gasteiger partial charge in [0.25, 0.3) is 0 Å². The van der Waals surface area contributed by atoms with E-state index in [-0.39, 0.29) is 12.0 Å². The third-order valence-electron chi connectivity index (χ3n) is 3.78. The van der Waals surface area contributed by atoms with Crippen LogP contribution in [0.4, 0.5) is 0 Å². The molecule has 1 heterocycles. The molecule has 0 bridgehead atoms. The molecule has 1 aromatic rings. The summed E-state index contributed by atoms with van der Waals surface area (Å²) in [5.41, 5.74) is 5.29. The first-order valence-corrected chi connectivity index (χ1v) is 8.53. The molecule has 0 aromatic heterocycles. The minimum Gasteiger partial charge on any atom is -0.271 e. The zero-order valence-corrected chi connectivity index (χ0v) is 12.1. The highest BCUT2D eigenvalue weighted by atomic mass is 32.2. The zero-order valence-electron chi connectivity index (χ0n) is 11.3. The van der Waals surface area contributed by atoms with Crippen molar-refractivity contribution in [1.82, 2.24) is 5.43 Å². The molecule has 0 aliphatic carbocycles. The van der Waals surface area contributed by atoms with Crippen LogP contribution in [0.15, 0.2) is 24.3 Å². The minimum atomic E-state index is -2.80. The quantitative estimate of drug-likeness (QED) is 0.628. The van der Waals surface area contributed by atoms with E-state index in [1.165, 1.54) is 11.1 Å². The molecule has 5 heteroatoms. The molecule has 1 aliphatic heterocycles. The van der Waals surface area contributed by atoms with Gasteiger partial charge in [0, 0.05) is 6.04 Å². The van der Waals surface area contributed by atoms with Crippen molar-refractivity contribution < 1.29 is 8.42 Å². The molecule has 1 aliphatic rings. The fraction of sp³-hybridized carbons (Fsp3) is 0.571. The number of nitrogens with two attached hydrogens (primary N) is 1. The van der Waals surface area contributed by atoms with Crippen molar-refractivity contribution in [2.45, 2.75) is 32.2 Å². The third kappa shape index (κ3) is 4.30. The summed E-state index contributed by atoms with van der Waals surface area (Å²) >= 11 is 0. The van der Waals surface area contributed by atoms with Gasteiger partial charge in [-0.05, 0) is 37.7 Å². The largest absolute Gasteiger partial charge is 0.271 e. The number of sulfone groups is 1. The molecule has 2 unspecified atom stereocenters. The van der Waals surface area contributed by atoms with Gasteiger partial charge >= 0.3 is 0 Å². The molecule has 0 spiro atoms. The number of aryl methyl sites for hydroxylation is 1. The zero-order chi connectivity index (χ0) is 13.9. The second kappa shape index (κ2) is 6.03. The second-order valence-corrected chi connectivity index (χ2v) is 7.79. The van der Waals surface area contributed by atoms with E-state index in [0.29, 0.717) is 11.5 Å².